The summed E-state index contributed by atoms with van der Waals surface area (Å²) in [7, 11) is 3.70. The Balaban J connectivity index is 2.12. The van der Waals surface area contributed by atoms with Gasteiger partial charge in [-0.05, 0) is 38.1 Å². The summed E-state index contributed by atoms with van der Waals surface area (Å²) in [5, 5.41) is 6.88. The van der Waals surface area contributed by atoms with Crippen LogP contribution in [0.5, 0.6) is 5.75 Å². The highest BCUT2D eigenvalue weighted by Crippen LogP contribution is 2.29. The Kier molecular flexibility index (Phi) is 4.42. The molecule has 1 saturated carbocycles. The number of benzene rings is 1. The first kappa shape index (κ1) is 12.9. The van der Waals surface area contributed by atoms with Crippen LogP contribution in [-0.2, 0) is 0 Å². The second kappa shape index (κ2) is 5.85. The summed E-state index contributed by atoms with van der Waals surface area (Å²) in [4.78, 5) is 0. The smallest absolute Gasteiger partial charge is 0.123 e. The number of likely N-dealkylation sites (N-methyl/N-ethyl adjacent to an activating group) is 1. The summed E-state index contributed by atoms with van der Waals surface area (Å²) in [6.07, 6.45) is 2.62. The molecule has 0 aromatic heterocycles. The minimum Gasteiger partial charge on any atom is -0.496 e. The molecule has 1 aliphatic carbocycles. The van der Waals surface area contributed by atoms with Gasteiger partial charge in [0.15, 0.2) is 0 Å². The van der Waals surface area contributed by atoms with Crippen LogP contribution >= 0.6 is 15.9 Å². The molecule has 0 heterocycles. The summed E-state index contributed by atoms with van der Waals surface area (Å²) >= 11 is 3.51. The van der Waals surface area contributed by atoms with E-state index in [9.17, 15) is 0 Å². The summed E-state index contributed by atoms with van der Waals surface area (Å²) in [5.74, 6) is 0.935. The van der Waals surface area contributed by atoms with Gasteiger partial charge in [0.25, 0.3) is 0 Å². The number of hydrogen-bond acceptors (Lipinski definition) is 3. The van der Waals surface area contributed by atoms with Gasteiger partial charge in [0.05, 0.1) is 7.11 Å². The van der Waals surface area contributed by atoms with Crippen molar-refractivity contribution in [3.05, 3.63) is 28.2 Å². The molecule has 0 saturated heterocycles. The Hall–Kier alpha value is -0.580. The molecule has 1 aromatic carbocycles. The minimum atomic E-state index is 0.281. The first-order valence-corrected chi connectivity index (χ1v) is 6.78. The van der Waals surface area contributed by atoms with Crippen LogP contribution in [-0.4, -0.2) is 26.7 Å². The molecular weight excluding hydrogens is 280 g/mol. The fourth-order valence-corrected chi connectivity index (χ4v) is 2.30. The number of hydrogen-bond donors (Lipinski definition) is 2. The topological polar surface area (TPSA) is 33.3 Å². The van der Waals surface area contributed by atoms with Crippen LogP contribution in [0.4, 0.5) is 0 Å². The minimum absolute atomic E-state index is 0.281. The van der Waals surface area contributed by atoms with E-state index in [1.54, 1.807) is 7.11 Å². The van der Waals surface area contributed by atoms with Gasteiger partial charge in [0, 0.05) is 28.7 Å². The molecule has 17 heavy (non-hydrogen) atoms. The van der Waals surface area contributed by atoms with Gasteiger partial charge in [-0.2, -0.15) is 0 Å². The zero-order chi connectivity index (χ0) is 12.3. The third-order valence-corrected chi connectivity index (χ3v) is 3.60. The van der Waals surface area contributed by atoms with Crippen molar-refractivity contribution < 1.29 is 4.74 Å². The number of rotatable bonds is 6. The molecule has 2 rings (SSSR count). The third-order valence-electron chi connectivity index (χ3n) is 3.10. The lowest BCUT2D eigenvalue weighted by molar-refractivity contribution is 0.398. The predicted octanol–water partition coefficient (Wildman–Crippen LogP) is 2.47. The van der Waals surface area contributed by atoms with E-state index in [-0.39, 0.29) is 6.04 Å². The van der Waals surface area contributed by atoms with Gasteiger partial charge in [-0.15, -0.1) is 0 Å². The number of methoxy groups -OCH3 is 1. The number of nitrogens with one attached hydrogen (secondary N) is 2. The van der Waals surface area contributed by atoms with E-state index >= 15 is 0 Å². The Morgan fingerprint density at radius 1 is 1.47 bits per heavy atom. The van der Waals surface area contributed by atoms with Crippen LogP contribution in [0.25, 0.3) is 0 Å². The molecule has 0 bridgehead atoms. The summed E-state index contributed by atoms with van der Waals surface area (Å²) in [5.41, 5.74) is 1.19. The summed E-state index contributed by atoms with van der Waals surface area (Å²) < 4.78 is 6.50. The van der Waals surface area contributed by atoms with Gasteiger partial charge in [-0.25, -0.2) is 0 Å². The molecule has 0 aliphatic heterocycles. The van der Waals surface area contributed by atoms with Crippen LogP contribution in [0.15, 0.2) is 22.7 Å². The van der Waals surface area contributed by atoms with E-state index in [0.717, 1.165) is 22.8 Å². The lowest BCUT2D eigenvalue weighted by Crippen LogP contribution is -2.31. The van der Waals surface area contributed by atoms with Gasteiger partial charge in [-0.1, -0.05) is 15.9 Å². The first-order valence-electron chi connectivity index (χ1n) is 5.98. The Labute approximate surface area is 111 Å². The van der Waals surface area contributed by atoms with Gasteiger partial charge in [-0.3, -0.25) is 0 Å². The Bertz CT molecular complexity index is 380. The third kappa shape index (κ3) is 3.44. The monoisotopic (exact) mass is 298 g/mol. The molecule has 94 valence electrons. The molecule has 1 fully saturated rings. The maximum absolute atomic E-state index is 5.42. The van der Waals surface area contributed by atoms with Gasteiger partial charge in [0.2, 0.25) is 0 Å². The second-order valence-corrected chi connectivity index (χ2v) is 5.33. The zero-order valence-electron chi connectivity index (χ0n) is 10.3. The highest BCUT2D eigenvalue weighted by Gasteiger charge is 2.23. The van der Waals surface area contributed by atoms with Crippen molar-refractivity contribution >= 4 is 15.9 Å². The standard InChI is InChI=1S/C13H19BrN2O/c1-15-12(8-16-10-4-5-10)11-7-9(14)3-6-13(11)17-2/h3,6-7,10,12,15-16H,4-5,8H2,1-2H3. The van der Waals surface area contributed by atoms with Gasteiger partial charge in [0.1, 0.15) is 5.75 Å². The van der Waals surface area contributed by atoms with Crippen molar-refractivity contribution in [2.45, 2.75) is 24.9 Å². The average molecular weight is 299 g/mol. The largest absolute Gasteiger partial charge is 0.496 e. The normalized spacial score (nSPS) is 16.9. The molecule has 1 aromatic rings. The van der Waals surface area contributed by atoms with Crippen molar-refractivity contribution in [3.8, 4) is 5.75 Å². The summed E-state index contributed by atoms with van der Waals surface area (Å²) in [6.45, 7) is 0.938. The zero-order valence-corrected chi connectivity index (χ0v) is 11.9. The lowest BCUT2D eigenvalue weighted by Gasteiger charge is -2.20. The van der Waals surface area contributed by atoms with Crippen LogP contribution in [0.2, 0.25) is 0 Å². The van der Waals surface area contributed by atoms with E-state index in [1.807, 2.05) is 19.2 Å². The molecule has 4 heteroatoms. The van der Waals surface area contributed by atoms with E-state index in [1.165, 1.54) is 18.4 Å². The molecule has 2 N–H and O–H groups in total. The Morgan fingerprint density at radius 2 is 2.24 bits per heavy atom. The van der Waals surface area contributed by atoms with Crippen molar-refractivity contribution in [1.82, 2.24) is 10.6 Å². The highest BCUT2D eigenvalue weighted by molar-refractivity contribution is 9.10. The van der Waals surface area contributed by atoms with Crippen molar-refractivity contribution in [2.24, 2.45) is 0 Å². The quantitative estimate of drug-likeness (QED) is 0.846. The SMILES string of the molecule is CNC(CNC1CC1)c1cc(Br)ccc1OC. The molecule has 0 spiro atoms. The summed E-state index contributed by atoms with van der Waals surface area (Å²) in [6, 6.07) is 7.13. The van der Waals surface area contributed by atoms with Crippen LogP contribution in [0, 0.1) is 0 Å². The predicted molar refractivity (Wildman–Crippen MR) is 73.5 cm³/mol. The second-order valence-electron chi connectivity index (χ2n) is 4.41. The number of ether oxygens (including phenoxy) is 1. The molecule has 3 nitrogen and oxygen atoms in total. The van der Waals surface area contributed by atoms with Gasteiger partial charge >= 0.3 is 0 Å². The Morgan fingerprint density at radius 3 is 2.82 bits per heavy atom. The fourth-order valence-electron chi connectivity index (χ4n) is 1.92. The van der Waals surface area contributed by atoms with Crippen molar-refractivity contribution in [2.75, 3.05) is 20.7 Å². The molecular formula is C13H19BrN2O. The average Bonchev–Trinajstić information content (AvgIpc) is 3.14. The van der Waals surface area contributed by atoms with Crippen LogP contribution in [0.3, 0.4) is 0 Å². The van der Waals surface area contributed by atoms with E-state index in [4.69, 9.17) is 4.74 Å². The maximum Gasteiger partial charge on any atom is 0.123 e. The molecule has 1 aliphatic rings. The van der Waals surface area contributed by atoms with Crippen LogP contribution < -0.4 is 15.4 Å². The molecule has 1 unspecified atom stereocenters. The molecule has 1 atom stereocenters. The van der Waals surface area contributed by atoms with E-state index in [2.05, 4.69) is 32.6 Å². The molecule has 0 radical (unpaired) electrons. The first-order chi connectivity index (χ1) is 8.24. The van der Waals surface area contributed by atoms with E-state index in [0.29, 0.717) is 0 Å². The van der Waals surface area contributed by atoms with E-state index < -0.39 is 0 Å². The fraction of sp³-hybridized carbons (Fsp3) is 0.538. The highest BCUT2D eigenvalue weighted by atomic mass is 79.9. The van der Waals surface area contributed by atoms with Crippen LogP contribution in [0.1, 0.15) is 24.4 Å². The van der Waals surface area contributed by atoms with Crippen molar-refractivity contribution in [3.63, 3.8) is 0 Å². The molecule has 0 amide bonds. The lowest BCUT2D eigenvalue weighted by atomic mass is 10.1. The maximum atomic E-state index is 5.42. The van der Waals surface area contributed by atoms with Gasteiger partial charge < -0.3 is 15.4 Å². The van der Waals surface area contributed by atoms with Crippen molar-refractivity contribution in [1.29, 1.82) is 0 Å². The number of halogens is 1.